The average Bonchev–Trinajstić information content (AvgIpc) is 2.75. The Balaban J connectivity index is 2.29. The number of rotatable bonds is 1. The monoisotopic (exact) mass is 326 g/mol. The van der Waals surface area contributed by atoms with Gasteiger partial charge in [-0.2, -0.15) is 0 Å². The molecule has 7 heteroatoms. The summed E-state index contributed by atoms with van der Waals surface area (Å²) in [6, 6.07) is 6.31. The molecule has 0 aliphatic heterocycles. The number of hydrogen-bond acceptors (Lipinski definition) is 3. The molecule has 0 aliphatic carbocycles. The van der Waals surface area contributed by atoms with Gasteiger partial charge in [0, 0.05) is 11.6 Å². The first-order valence-corrected chi connectivity index (χ1v) is 6.14. The Hall–Kier alpha value is -1.53. The number of halogens is 3. The van der Waals surface area contributed by atoms with Crippen LogP contribution in [0, 0.1) is 5.82 Å². The standard InChI is InChI=1S/C11H5BrClFN4/c12-10-6(2-1-3-7(10)14)11-17-16-9-4-8(13)15-5-18(9)11/h1-5H. The summed E-state index contributed by atoms with van der Waals surface area (Å²) in [5.41, 5.74) is 1.16. The summed E-state index contributed by atoms with van der Waals surface area (Å²) in [6.45, 7) is 0. The van der Waals surface area contributed by atoms with Crippen molar-refractivity contribution in [1.29, 1.82) is 0 Å². The summed E-state index contributed by atoms with van der Waals surface area (Å²) < 4.78 is 15.5. The first kappa shape index (κ1) is 11.6. The zero-order valence-corrected chi connectivity index (χ0v) is 11.2. The lowest BCUT2D eigenvalue weighted by atomic mass is 10.2. The van der Waals surface area contributed by atoms with E-state index in [1.807, 2.05) is 0 Å². The highest BCUT2D eigenvalue weighted by atomic mass is 79.9. The van der Waals surface area contributed by atoms with Gasteiger partial charge in [-0.15, -0.1) is 10.2 Å². The third kappa shape index (κ3) is 1.77. The van der Waals surface area contributed by atoms with Gasteiger partial charge < -0.3 is 0 Å². The highest BCUT2D eigenvalue weighted by molar-refractivity contribution is 9.10. The van der Waals surface area contributed by atoms with Crippen LogP contribution in [-0.4, -0.2) is 19.6 Å². The lowest BCUT2D eigenvalue weighted by Crippen LogP contribution is -1.93. The van der Waals surface area contributed by atoms with Crippen molar-refractivity contribution in [2.24, 2.45) is 0 Å². The first-order valence-electron chi connectivity index (χ1n) is 4.97. The molecule has 1 aromatic carbocycles. The van der Waals surface area contributed by atoms with Gasteiger partial charge in [0.2, 0.25) is 0 Å². The zero-order valence-electron chi connectivity index (χ0n) is 8.81. The van der Waals surface area contributed by atoms with Gasteiger partial charge in [-0.05, 0) is 28.1 Å². The molecule has 0 N–H and O–H groups in total. The molecule has 0 radical (unpaired) electrons. The molecule has 2 heterocycles. The quantitative estimate of drug-likeness (QED) is 0.644. The van der Waals surface area contributed by atoms with E-state index in [0.29, 0.717) is 26.7 Å². The third-order valence-corrected chi connectivity index (χ3v) is 3.47. The molecule has 0 saturated heterocycles. The van der Waals surface area contributed by atoms with E-state index in [-0.39, 0.29) is 5.82 Å². The molecule has 0 bridgehead atoms. The number of fused-ring (bicyclic) bond motifs is 1. The Morgan fingerprint density at radius 3 is 2.94 bits per heavy atom. The summed E-state index contributed by atoms with van der Waals surface area (Å²) in [6.07, 6.45) is 1.50. The molecule has 18 heavy (non-hydrogen) atoms. The molecule has 2 aromatic heterocycles. The second-order valence-corrected chi connectivity index (χ2v) is 4.75. The van der Waals surface area contributed by atoms with E-state index in [1.54, 1.807) is 22.6 Å². The van der Waals surface area contributed by atoms with Crippen molar-refractivity contribution in [3.05, 3.63) is 46.0 Å². The number of nitrogens with zero attached hydrogens (tertiary/aromatic N) is 4. The van der Waals surface area contributed by atoms with E-state index < -0.39 is 0 Å². The number of hydrogen-bond donors (Lipinski definition) is 0. The lowest BCUT2D eigenvalue weighted by Gasteiger charge is -2.03. The van der Waals surface area contributed by atoms with E-state index in [2.05, 4.69) is 31.1 Å². The zero-order chi connectivity index (χ0) is 12.7. The van der Waals surface area contributed by atoms with Gasteiger partial charge in [0.25, 0.3) is 0 Å². The summed E-state index contributed by atoms with van der Waals surface area (Å²) in [5.74, 6) is 0.145. The van der Waals surface area contributed by atoms with Crippen molar-refractivity contribution in [3.8, 4) is 11.4 Å². The van der Waals surface area contributed by atoms with Gasteiger partial charge >= 0.3 is 0 Å². The van der Waals surface area contributed by atoms with Gasteiger partial charge in [-0.3, -0.25) is 4.40 Å². The van der Waals surface area contributed by atoms with Gasteiger partial charge in [0.05, 0.1) is 4.47 Å². The highest BCUT2D eigenvalue weighted by Gasteiger charge is 2.13. The normalized spacial score (nSPS) is 11.1. The van der Waals surface area contributed by atoms with Crippen LogP contribution in [0.5, 0.6) is 0 Å². The maximum absolute atomic E-state index is 13.5. The van der Waals surface area contributed by atoms with Crippen molar-refractivity contribution >= 4 is 33.2 Å². The molecule has 0 fully saturated rings. The minimum atomic E-state index is -0.355. The van der Waals surface area contributed by atoms with Crippen LogP contribution >= 0.6 is 27.5 Å². The summed E-state index contributed by atoms with van der Waals surface area (Å²) in [5, 5.41) is 8.33. The molecule has 0 unspecified atom stereocenters. The van der Waals surface area contributed by atoms with E-state index in [4.69, 9.17) is 11.6 Å². The number of benzene rings is 1. The van der Waals surface area contributed by atoms with Crippen LogP contribution in [0.25, 0.3) is 17.0 Å². The molecule has 0 spiro atoms. The Labute approximate surface area is 115 Å². The maximum Gasteiger partial charge on any atom is 0.170 e. The predicted octanol–water partition coefficient (Wildman–Crippen LogP) is 3.35. The Bertz CT molecular complexity index is 743. The second-order valence-electron chi connectivity index (χ2n) is 3.56. The van der Waals surface area contributed by atoms with Crippen LogP contribution in [0.1, 0.15) is 0 Å². The Morgan fingerprint density at radius 1 is 1.28 bits per heavy atom. The highest BCUT2D eigenvalue weighted by Crippen LogP contribution is 2.29. The summed E-state index contributed by atoms with van der Waals surface area (Å²) >= 11 is 8.97. The van der Waals surface area contributed by atoms with E-state index in [0.717, 1.165) is 0 Å². The van der Waals surface area contributed by atoms with Crippen LogP contribution in [0.4, 0.5) is 4.39 Å². The predicted molar refractivity (Wildman–Crippen MR) is 68.9 cm³/mol. The van der Waals surface area contributed by atoms with Crippen LogP contribution < -0.4 is 0 Å². The van der Waals surface area contributed by atoms with Crippen molar-refractivity contribution in [2.45, 2.75) is 0 Å². The van der Waals surface area contributed by atoms with Crippen molar-refractivity contribution < 1.29 is 4.39 Å². The molecule has 4 nitrogen and oxygen atoms in total. The number of aromatic nitrogens is 4. The molecule has 3 aromatic rings. The third-order valence-electron chi connectivity index (χ3n) is 2.46. The molecular formula is C11H5BrClFN4. The van der Waals surface area contributed by atoms with E-state index >= 15 is 0 Å². The summed E-state index contributed by atoms with van der Waals surface area (Å²) in [7, 11) is 0. The average molecular weight is 328 g/mol. The van der Waals surface area contributed by atoms with Crippen LogP contribution in [-0.2, 0) is 0 Å². The minimum Gasteiger partial charge on any atom is -0.265 e. The van der Waals surface area contributed by atoms with Gasteiger partial charge in [-0.1, -0.05) is 17.7 Å². The molecule has 0 amide bonds. The Kier molecular flexibility index (Phi) is 2.76. The van der Waals surface area contributed by atoms with Gasteiger partial charge in [-0.25, -0.2) is 9.37 Å². The molecule has 3 rings (SSSR count). The molecular weight excluding hydrogens is 323 g/mol. The van der Waals surface area contributed by atoms with Crippen LogP contribution in [0.15, 0.2) is 35.1 Å². The smallest absolute Gasteiger partial charge is 0.170 e. The molecule has 0 saturated carbocycles. The Morgan fingerprint density at radius 2 is 2.11 bits per heavy atom. The molecule has 90 valence electrons. The minimum absolute atomic E-state index is 0.333. The van der Waals surface area contributed by atoms with Gasteiger partial charge in [0.1, 0.15) is 17.3 Å². The van der Waals surface area contributed by atoms with Crippen LogP contribution in [0.3, 0.4) is 0 Å². The first-order chi connectivity index (χ1) is 8.66. The molecule has 0 atom stereocenters. The van der Waals surface area contributed by atoms with E-state index in [9.17, 15) is 4.39 Å². The lowest BCUT2D eigenvalue weighted by molar-refractivity contribution is 0.621. The topological polar surface area (TPSA) is 43.1 Å². The SMILES string of the molecule is Fc1cccc(-c2nnc3cc(Cl)ncn23)c1Br. The van der Waals surface area contributed by atoms with Crippen molar-refractivity contribution in [2.75, 3.05) is 0 Å². The second kappa shape index (κ2) is 4.29. The van der Waals surface area contributed by atoms with Crippen LogP contribution in [0.2, 0.25) is 5.15 Å². The fraction of sp³-hybridized carbons (Fsp3) is 0. The van der Waals surface area contributed by atoms with E-state index in [1.165, 1.54) is 12.4 Å². The fourth-order valence-corrected chi connectivity index (χ4v) is 2.22. The maximum atomic E-state index is 13.5. The van der Waals surface area contributed by atoms with Gasteiger partial charge in [0.15, 0.2) is 11.5 Å². The largest absolute Gasteiger partial charge is 0.265 e. The fourth-order valence-electron chi connectivity index (χ4n) is 1.63. The summed E-state index contributed by atoms with van der Waals surface area (Å²) in [4.78, 5) is 3.96. The molecule has 0 aliphatic rings. The van der Waals surface area contributed by atoms with Crippen molar-refractivity contribution in [1.82, 2.24) is 19.6 Å². The van der Waals surface area contributed by atoms with Crippen molar-refractivity contribution in [3.63, 3.8) is 0 Å².